The van der Waals surface area contributed by atoms with Gasteiger partial charge < -0.3 is 0 Å². The Kier molecular flexibility index (Phi) is 4.38. The summed E-state index contributed by atoms with van der Waals surface area (Å²) in [5, 5.41) is 0. The molecule has 0 aliphatic heterocycles. The van der Waals surface area contributed by atoms with Crippen LogP contribution in [-0.4, -0.2) is 5.78 Å². The highest BCUT2D eigenvalue weighted by Gasteiger charge is 1.98. The molecule has 0 saturated carbocycles. The zero-order valence-electron chi connectivity index (χ0n) is 12.2. The number of hydrogen-bond donors (Lipinski definition) is 0. The topological polar surface area (TPSA) is 17.1 Å². The summed E-state index contributed by atoms with van der Waals surface area (Å²) < 4.78 is 0. The van der Waals surface area contributed by atoms with E-state index in [4.69, 9.17) is 0 Å². The van der Waals surface area contributed by atoms with Crippen molar-refractivity contribution in [1.82, 2.24) is 0 Å². The molecule has 2 aromatic carbocycles. The van der Waals surface area contributed by atoms with Crippen LogP contribution >= 0.6 is 0 Å². The van der Waals surface area contributed by atoms with E-state index in [0.29, 0.717) is 0 Å². The third kappa shape index (κ3) is 3.36. The molecule has 1 heteroatoms. The Labute approximate surface area is 120 Å². The van der Waals surface area contributed by atoms with Gasteiger partial charge in [0.2, 0.25) is 0 Å². The molecule has 0 atom stereocenters. The van der Waals surface area contributed by atoms with Crippen LogP contribution in [0.15, 0.2) is 42.5 Å². The van der Waals surface area contributed by atoms with Gasteiger partial charge in [-0.25, -0.2) is 0 Å². The van der Waals surface area contributed by atoms with Crippen LogP contribution in [0, 0.1) is 18.8 Å². The quantitative estimate of drug-likeness (QED) is 0.586. The lowest BCUT2D eigenvalue weighted by molar-refractivity contribution is 0.101. The van der Waals surface area contributed by atoms with Gasteiger partial charge in [0.1, 0.15) is 0 Å². The summed E-state index contributed by atoms with van der Waals surface area (Å²) in [6, 6.07) is 13.7. The number of carbonyl (C=O) groups excluding carboxylic acids is 1. The zero-order chi connectivity index (χ0) is 14.5. The van der Waals surface area contributed by atoms with E-state index in [9.17, 15) is 4.79 Å². The minimum Gasteiger partial charge on any atom is -0.295 e. The summed E-state index contributed by atoms with van der Waals surface area (Å²) >= 11 is 0. The first kappa shape index (κ1) is 14.1. The van der Waals surface area contributed by atoms with Crippen LogP contribution in [0.25, 0.3) is 0 Å². The van der Waals surface area contributed by atoms with Gasteiger partial charge in [-0.1, -0.05) is 37.0 Å². The van der Waals surface area contributed by atoms with Crippen LogP contribution in [0.2, 0.25) is 0 Å². The number of carbonyl (C=O) groups is 1. The Hall–Kier alpha value is -2.33. The van der Waals surface area contributed by atoms with Gasteiger partial charge in [-0.3, -0.25) is 4.79 Å². The molecule has 0 spiro atoms. The molecule has 0 bridgehead atoms. The second-order valence-corrected chi connectivity index (χ2v) is 4.88. The zero-order valence-corrected chi connectivity index (χ0v) is 12.2. The SMILES string of the molecule is CCc1ccc(C#Cc2ccc(C(C)=O)cc2)cc1C. The van der Waals surface area contributed by atoms with Gasteiger partial charge >= 0.3 is 0 Å². The highest BCUT2D eigenvalue weighted by Crippen LogP contribution is 2.11. The van der Waals surface area contributed by atoms with Crippen molar-refractivity contribution in [2.24, 2.45) is 0 Å². The monoisotopic (exact) mass is 262 g/mol. The van der Waals surface area contributed by atoms with E-state index >= 15 is 0 Å². The Morgan fingerprint density at radius 1 is 1.00 bits per heavy atom. The smallest absolute Gasteiger partial charge is 0.159 e. The van der Waals surface area contributed by atoms with Gasteiger partial charge in [0.15, 0.2) is 5.78 Å². The summed E-state index contributed by atoms with van der Waals surface area (Å²) in [7, 11) is 0. The second kappa shape index (κ2) is 6.21. The average Bonchev–Trinajstić information content (AvgIpc) is 2.45. The molecule has 0 fully saturated rings. The Morgan fingerprint density at radius 2 is 1.60 bits per heavy atom. The van der Waals surface area contributed by atoms with Crippen LogP contribution in [-0.2, 0) is 6.42 Å². The molecular weight excluding hydrogens is 244 g/mol. The van der Waals surface area contributed by atoms with E-state index < -0.39 is 0 Å². The van der Waals surface area contributed by atoms with Crippen LogP contribution in [0.3, 0.4) is 0 Å². The predicted octanol–water partition coefficient (Wildman–Crippen LogP) is 4.16. The van der Waals surface area contributed by atoms with E-state index in [1.807, 2.05) is 24.3 Å². The molecule has 0 aliphatic rings. The molecule has 0 aliphatic carbocycles. The van der Waals surface area contributed by atoms with Crippen molar-refractivity contribution < 1.29 is 4.79 Å². The maximum absolute atomic E-state index is 11.2. The van der Waals surface area contributed by atoms with Crippen molar-refractivity contribution >= 4 is 5.78 Å². The van der Waals surface area contributed by atoms with Crippen molar-refractivity contribution in [3.63, 3.8) is 0 Å². The maximum Gasteiger partial charge on any atom is 0.159 e. The van der Waals surface area contributed by atoms with Crippen molar-refractivity contribution in [2.75, 3.05) is 0 Å². The number of benzene rings is 2. The number of hydrogen-bond acceptors (Lipinski definition) is 1. The second-order valence-electron chi connectivity index (χ2n) is 4.88. The first-order chi connectivity index (χ1) is 9.60. The Bertz CT molecular complexity index is 682. The minimum atomic E-state index is 0.0790. The molecule has 0 aromatic heterocycles. The van der Waals surface area contributed by atoms with Crippen LogP contribution in [0.5, 0.6) is 0 Å². The summed E-state index contributed by atoms with van der Waals surface area (Å²) in [4.78, 5) is 11.2. The normalized spacial score (nSPS) is 9.75. The molecule has 0 heterocycles. The third-order valence-corrected chi connectivity index (χ3v) is 3.37. The average molecular weight is 262 g/mol. The fourth-order valence-corrected chi connectivity index (χ4v) is 2.10. The molecule has 0 saturated heterocycles. The molecule has 20 heavy (non-hydrogen) atoms. The number of ketones is 1. The molecule has 0 unspecified atom stereocenters. The molecular formula is C19H18O. The van der Waals surface area contributed by atoms with Crippen molar-refractivity contribution in [3.8, 4) is 11.8 Å². The Balaban J connectivity index is 2.22. The lowest BCUT2D eigenvalue weighted by atomic mass is 10.0. The predicted molar refractivity (Wildman–Crippen MR) is 83.0 cm³/mol. The van der Waals surface area contributed by atoms with Gasteiger partial charge in [0.05, 0.1) is 0 Å². The van der Waals surface area contributed by atoms with Crippen molar-refractivity contribution in [3.05, 3.63) is 70.3 Å². The maximum atomic E-state index is 11.2. The van der Waals surface area contributed by atoms with E-state index in [1.54, 1.807) is 6.92 Å². The first-order valence-electron chi connectivity index (χ1n) is 6.82. The number of aryl methyl sites for hydroxylation is 2. The van der Waals surface area contributed by atoms with Crippen LogP contribution < -0.4 is 0 Å². The summed E-state index contributed by atoms with van der Waals surface area (Å²) in [6.07, 6.45) is 1.05. The van der Waals surface area contributed by atoms with Crippen molar-refractivity contribution in [2.45, 2.75) is 27.2 Å². The minimum absolute atomic E-state index is 0.0790. The lowest BCUT2D eigenvalue weighted by Crippen LogP contribution is -1.90. The highest BCUT2D eigenvalue weighted by atomic mass is 16.1. The summed E-state index contributed by atoms with van der Waals surface area (Å²) in [5.41, 5.74) is 5.31. The summed E-state index contributed by atoms with van der Waals surface area (Å²) in [5.74, 6) is 6.38. The molecule has 100 valence electrons. The van der Waals surface area contributed by atoms with Gasteiger partial charge in [0.25, 0.3) is 0 Å². The standard InChI is InChI=1S/C19H18O/c1-4-18-10-9-17(13-14(18)2)6-5-16-7-11-19(12-8-16)15(3)20/h7-13H,4H2,1-3H3. The van der Waals surface area contributed by atoms with Crippen LogP contribution in [0.1, 0.15) is 46.5 Å². The molecule has 2 aromatic rings. The fourth-order valence-electron chi connectivity index (χ4n) is 2.10. The molecule has 1 nitrogen and oxygen atoms in total. The lowest BCUT2D eigenvalue weighted by Gasteiger charge is -2.02. The van der Waals surface area contributed by atoms with E-state index in [2.05, 4.69) is 43.9 Å². The van der Waals surface area contributed by atoms with Crippen molar-refractivity contribution in [1.29, 1.82) is 0 Å². The van der Waals surface area contributed by atoms with E-state index in [-0.39, 0.29) is 5.78 Å². The molecule has 0 N–H and O–H groups in total. The van der Waals surface area contributed by atoms with E-state index in [1.165, 1.54) is 11.1 Å². The number of Topliss-reactive ketones (excluding diaryl/α,β-unsaturated/α-hetero) is 1. The van der Waals surface area contributed by atoms with Gasteiger partial charge in [-0.15, -0.1) is 0 Å². The molecule has 2 rings (SSSR count). The fraction of sp³-hybridized carbons (Fsp3) is 0.211. The number of rotatable bonds is 2. The van der Waals surface area contributed by atoms with Crippen LogP contribution in [0.4, 0.5) is 0 Å². The molecule has 0 amide bonds. The Morgan fingerprint density at radius 3 is 2.15 bits per heavy atom. The summed E-state index contributed by atoms with van der Waals surface area (Å²) in [6.45, 7) is 5.84. The highest BCUT2D eigenvalue weighted by molar-refractivity contribution is 5.94. The first-order valence-corrected chi connectivity index (χ1v) is 6.82. The van der Waals surface area contributed by atoms with Gasteiger partial charge in [-0.2, -0.15) is 0 Å². The van der Waals surface area contributed by atoms with Gasteiger partial charge in [0, 0.05) is 16.7 Å². The van der Waals surface area contributed by atoms with E-state index in [0.717, 1.165) is 23.1 Å². The molecule has 0 radical (unpaired) electrons. The van der Waals surface area contributed by atoms with Gasteiger partial charge in [-0.05, 0) is 55.7 Å². The third-order valence-electron chi connectivity index (χ3n) is 3.37. The largest absolute Gasteiger partial charge is 0.295 e.